The van der Waals surface area contributed by atoms with Crippen molar-refractivity contribution in [1.82, 2.24) is 15.0 Å². The molecule has 1 aromatic carbocycles. The summed E-state index contributed by atoms with van der Waals surface area (Å²) in [4.78, 5) is 11.9. The van der Waals surface area contributed by atoms with E-state index in [1.165, 1.54) is 11.6 Å². The van der Waals surface area contributed by atoms with Crippen LogP contribution in [0.1, 0.15) is 36.1 Å². The minimum Gasteiger partial charge on any atom is -0.363 e. The van der Waals surface area contributed by atoms with E-state index >= 15 is 0 Å². The molecule has 0 bridgehead atoms. The van der Waals surface area contributed by atoms with E-state index in [4.69, 9.17) is 0 Å². The number of aromatic nitrogens is 3. The lowest BCUT2D eigenvalue weighted by Crippen LogP contribution is -2.09. The van der Waals surface area contributed by atoms with Crippen molar-refractivity contribution in [2.24, 2.45) is 0 Å². The Labute approximate surface area is 127 Å². The first kappa shape index (κ1) is 13.2. The van der Waals surface area contributed by atoms with E-state index in [1.807, 2.05) is 12.3 Å². The number of fused-ring (bicyclic) bond motifs is 2. The average Bonchev–Trinajstić information content (AvgIpc) is 3.13. The van der Waals surface area contributed by atoms with E-state index in [0.29, 0.717) is 0 Å². The van der Waals surface area contributed by atoms with Gasteiger partial charge in [-0.05, 0) is 42.0 Å². The van der Waals surface area contributed by atoms with Gasteiger partial charge >= 0.3 is 0 Å². The third kappa shape index (κ3) is 1.96. The lowest BCUT2D eigenvalue weighted by Gasteiger charge is -2.15. The van der Waals surface area contributed by atoms with Crippen molar-refractivity contribution in [3.63, 3.8) is 0 Å². The average molecular weight is 296 g/mol. The van der Waals surface area contributed by atoms with E-state index < -0.39 is 0 Å². The molecule has 22 heavy (non-hydrogen) atoms. The molecule has 2 N–H and O–H groups in total. The summed E-state index contributed by atoms with van der Waals surface area (Å²) in [6.07, 6.45) is 6.10. The van der Waals surface area contributed by atoms with Gasteiger partial charge in [-0.2, -0.15) is 0 Å². The molecule has 0 radical (unpaired) electrons. The Morgan fingerprint density at radius 2 is 2.27 bits per heavy atom. The van der Waals surface area contributed by atoms with Crippen molar-refractivity contribution >= 4 is 16.9 Å². The minimum absolute atomic E-state index is 0.100. The maximum Gasteiger partial charge on any atom is 0.143 e. The van der Waals surface area contributed by atoms with E-state index in [0.717, 1.165) is 47.2 Å². The highest BCUT2D eigenvalue weighted by Crippen LogP contribution is 2.36. The molecule has 0 aliphatic heterocycles. The van der Waals surface area contributed by atoms with Gasteiger partial charge in [0.25, 0.3) is 0 Å². The predicted molar refractivity (Wildman–Crippen MR) is 84.4 cm³/mol. The standard InChI is InChI=1S/C17H17FN4/c1-2-10-8-19-16-15(10)17(21-9-20-16)22-14-7-6-11-12(14)4-3-5-13(11)18/h3-5,8-9,14H,2,6-7H2,1H3,(H2,19,20,21,22)/t14-/m0/s1. The van der Waals surface area contributed by atoms with Crippen LogP contribution in [-0.2, 0) is 12.8 Å². The van der Waals surface area contributed by atoms with Gasteiger partial charge in [0.1, 0.15) is 23.6 Å². The van der Waals surface area contributed by atoms with Crippen molar-refractivity contribution in [3.05, 3.63) is 53.2 Å². The van der Waals surface area contributed by atoms with Crippen LogP contribution in [0.5, 0.6) is 0 Å². The van der Waals surface area contributed by atoms with E-state index in [-0.39, 0.29) is 11.9 Å². The molecule has 0 saturated heterocycles. The normalized spacial score (nSPS) is 16.9. The van der Waals surface area contributed by atoms with Gasteiger partial charge < -0.3 is 10.3 Å². The Morgan fingerprint density at radius 3 is 3.14 bits per heavy atom. The molecule has 0 fully saturated rings. The molecule has 0 spiro atoms. The molecule has 1 atom stereocenters. The Bertz CT molecular complexity index is 840. The first-order valence-electron chi connectivity index (χ1n) is 7.62. The fraction of sp³-hybridized carbons (Fsp3) is 0.294. The van der Waals surface area contributed by atoms with Crippen molar-refractivity contribution in [3.8, 4) is 0 Å². The van der Waals surface area contributed by atoms with Gasteiger partial charge in [0, 0.05) is 6.20 Å². The number of nitrogens with zero attached hydrogens (tertiary/aromatic N) is 2. The summed E-state index contributed by atoms with van der Waals surface area (Å²) < 4.78 is 13.9. The molecular weight excluding hydrogens is 279 g/mol. The molecule has 3 aromatic rings. The molecule has 0 saturated carbocycles. The van der Waals surface area contributed by atoms with Gasteiger partial charge in [0.05, 0.1) is 11.4 Å². The first-order valence-corrected chi connectivity index (χ1v) is 7.62. The van der Waals surface area contributed by atoms with Gasteiger partial charge in [-0.25, -0.2) is 14.4 Å². The molecule has 2 aromatic heterocycles. The molecule has 4 rings (SSSR count). The summed E-state index contributed by atoms with van der Waals surface area (Å²) in [5, 5.41) is 4.53. The number of hydrogen-bond acceptors (Lipinski definition) is 3. The number of hydrogen-bond donors (Lipinski definition) is 2. The second-order valence-corrected chi connectivity index (χ2v) is 5.66. The van der Waals surface area contributed by atoms with Gasteiger partial charge in [-0.3, -0.25) is 0 Å². The zero-order valence-electron chi connectivity index (χ0n) is 12.4. The number of benzene rings is 1. The molecule has 112 valence electrons. The van der Waals surface area contributed by atoms with Crippen LogP contribution in [0.15, 0.2) is 30.7 Å². The van der Waals surface area contributed by atoms with Crippen LogP contribution < -0.4 is 5.32 Å². The van der Waals surface area contributed by atoms with Crippen molar-refractivity contribution < 1.29 is 4.39 Å². The number of halogens is 1. The molecule has 0 unspecified atom stereocenters. The quantitative estimate of drug-likeness (QED) is 0.773. The van der Waals surface area contributed by atoms with Gasteiger partial charge in [-0.15, -0.1) is 0 Å². The minimum atomic E-state index is -0.106. The Kier molecular flexibility index (Phi) is 3.06. The smallest absolute Gasteiger partial charge is 0.143 e. The van der Waals surface area contributed by atoms with Crippen LogP contribution in [0.25, 0.3) is 11.0 Å². The van der Waals surface area contributed by atoms with Crippen molar-refractivity contribution in [2.45, 2.75) is 32.2 Å². The zero-order chi connectivity index (χ0) is 15.1. The van der Waals surface area contributed by atoms with Crippen LogP contribution in [-0.4, -0.2) is 15.0 Å². The lowest BCUT2D eigenvalue weighted by molar-refractivity contribution is 0.612. The number of anilines is 1. The SMILES string of the molecule is CCc1c[nH]c2ncnc(N[C@H]3CCc4c(F)cccc43)c12. The summed E-state index contributed by atoms with van der Waals surface area (Å²) in [6.45, 7) is 2.11. The third-order valence-corrected chi connectivity index (χ3v) is 4.46. The summed E-state index contributed by atoms with van der Waals surface area (Å²) in [5.41, 5.74) is 3.90. The van der Waals surface area contributed by atoms with Crippen LogP contribution in [0, 0.1) is 5.82 Å². The van der Waals surface area contributed by atoms with Gasteiger partial charge in [0.2, 0.25) is 0 Å². The maximum atomic E-state index is 13.9. The first-order chi connectivity index (χ1) is 10.8. The lowest BCUT2D eigenvalue weighted by atomic mass is 10.1. The van der Waals surface area contributed by atoms with Crippen LogP contribution in [0.3, 0.4) is 0 Å². The molecule has 5 heteroatoms. The largest absolute Gasteiger partial charge is 0.363 e. The number of aryl methyl sites for hydroxylation is 1. The third-order valence-electron chi connectivity index (χ3n) is 4.46. The summed E-state index contributed by atoms with van der Waals surface area (Å²) in [5.74, 6) is 0.718. The highest BCUT2D eigenvalue weighted by atomic mass is 19.1. The van der Waals surface area contributed by atoms with Crippen LogP contribution in [0.4, 0.5) is 10.2 Å². The number of nitrogens with one attached hydrogen (secondary N) is 2. The monoisotopic (exact) mass is 296 g/mol. The Balaban J connectivity index is 1.74. The molecule has 4 nitrogen and oxygen atoms in total. The van der Waals surface area contributed by atoms with Crippen LogP contribution >= 0.6 is 0 Å². The second-order valence-electron chi connectivity index (χ2n) is 5.66. The maximum absolute atomic E-state index is 13.9. The molecule has 1 aliphatic rings. The van der Waals surface area contributed by atoms with Crippen molar-refractivity contribution in [1.29, 1.82) is 0 Å². The summed E-state index contributed by atoms with van der Waals surface area (Å²) in [6, 6.07) is 5.41. The molecular formula is C17H17FN4. The van der Waals surface area contributed by atoms with E-state index in [1.54, 1.807) is 12.4 Å². The summed E-state index contributed by atoms with van der Waals surface area (Å²) in [7, 11) is 0. The van der Waals surface area contributed by atoms with E-state index in [2.05, 4.69) is 27.2 Å². The van der Waals surface area contributed by atoms with Gasteiger partial charge in [0.15, 0.2) is 0 Å². The van der Waals surface area contributed by atoms with E-state index in [9.17, 15) is 4.39 Å². The van der Waals surface area contributed by atoms with Gasteiger partial charge in [-0.1, -0.05) is 19.1 Å². The number of rotatable bonds is 3. The predicted octanol–water partition coefficient (Wildman–Crippen LogP) is 3.76. The fourth-order valence-corrected chi connectivity index (χ4v) is 3.34. The highest BCUT2D eigenvalue weighted by Gasteiger charge is 2.25. The zero-order valence-corrected chi connectivity index (χ0v) is 12.4. The Morgan fingerprint density at radius 1 is 1.36 bits per heavy atom. The molecule has 0 amide bonds. The van der Waals surface area contributed by atoms with Crippen LogP contribution in [0.2, 0.25) is 0 Å². The second kappa shape index (κ2) is 5.09. The fourth-order valence-electron chi connectivity index (χ4n) is 3.34. The molecule has 2 heterocycles. The number of aromatic amines is 1. The summed E-state index contributed by atoms with van der Waals surface area (Å²) >= 11 is 0. The highest BCUT2D eigenvalue weighted by molar-refractivity contribution is 5.90. The number of H-pyrrole nitrogens is 1. The Hall–Kier alpha value is -2.43. The molecule has 1 aliphatic carbocycles. The van der Waals surface area contributed by atoms with Crippen molar-refractivity contribution in [2.75, 3.05) is 5.32 Å². The topological polar surface area (TPSA) is 53.6 Å².